The molecular weight excluding hydrogens is 260 g/mol. The molecule has 0 fully saturated rings. The second-order valence-corrected chi connectivity index (χ2v) is 4.37. The highest BCUT2D eigenvalue weighted by atomic mass is 35.5. The van der Waals surface area contributed by atoms with Gasteiger partial charge in [-0.1, -0.05) is 11.6 Å². The molecule has 0 atom stereocenters. The number of carbonyl (C=O) groups excluding carboxylic acids is 1. The summed E-state index contributed by atoms with van der Waals surface area (Å²) >= 11 is 7.25. The van der Waals surface area contributed by atoms with Gasteiger partial charge in [-0.25, -0.2) is 9.97 Å². The summed E-state index contributed by atoms with van der Waals surface area (Å²) in [6, 6.07) is 3.32. The third-order valence-corrected chi connectivity index (χ3v) is 2.96. The third-order valence-electron chi connectivity index (χ3n) is 1.97. The van der Waals surface area contributed by atoms with Crippen LogP contribution in [0.4, 0.5) is 10.9 Å². The largest absolute Gasteiger partial charge is 0.373 e. The highest BCUT2D eigenvalue weighted by Gasteiger charge is 2.14. The number of anilines is 2. The Kier molecular flexibility index (Phi) is 3.55. The van der Waals surface area contributed by atoms with E-state index in [9.17, 15) is 4.79 Å². The van der Waals surface area contributed by atoms with Crippen molar-refractivity contribution < 1.29 is 4.79 Å². The first-order chi connectivity index (χ1) is 8.20. The maximum atomic E-state index is 11.9. The lowest BCUT2D eigenvalue weighted by Crippen LogP contribution is -2.14. The molecule has 1 amide bonds. The van der Waals surface area contributed by atoms with Crippen molar-refractivity contribution in [3.63, 3.8) is 0 Å². The lowest BCUT2D eigenvalue weighted by molar-refractivity contribution is 0.102. The monoisotopic (exact) mass is 268 g/mol. The minimum absolute atomic E-state index is 0.175. The average molecular weight is 269 g/mol. The number of carbonyl (C=O) groups is 1. The highest BCUT2D eigenvalue weighted by molar-refractivity contribution is 7.13. The van der Waals surface area contributed by atoms with Crippen LogP contribution >= 0.6 is 22.9 Å². The van der Waals surface area contributed by atoms with Crippen molar-refractivity contribution in [2.45, 2.75) is 0 Å². The fourth-order valence-corrected chi connectivity index (χ4v) is 1.90. The van der Waals surface area contributed by atoms with E-state index in [-0.39, 0.29) is 11.6 Å². The summed E-state index contributed by atoms with van der Waals surface area (Å²) in [6.07, 6.45) is 1.61. The van der Waals surface area contributed by atoms with E-state index in [2.05, 4.69) is 20.6 Å². The molecule has 0 radical (unpaired) electrons. The molecule has 0 aliphatic carbocycles. The van der Waals surface area contributed by atoms with Crippen LogP contribution in [0, 0.1) is 0 Å². The molecule has 2 rings (SSSR count). The first-order valence-corrected chi connectivity index (χ1v) is 6.01. The number of amides is 1. The predicted octanol–water partition coefficient (Wildman–Crippen LogP) is 2.49. The summed E-state index contributed by atoms with van der Waals surface area (Å²) in [4.78, 5) is 19.9. The van der Waals surface area contributed by atoms with Gasteiger partial charge in [0.05, 0.1) is 5.02 Å². The first-order valence-electron chi connectivity index (χ1n) is 4.76. The summed E-state index contributed by atoms with van der Waals surface area (Å²) in [5, 5.41) is 8.06. The van der Waals surface area contributed by atoms with Crippen LogP contribution in [0.25, 0.3) is 0 Å². The topological polar surface area (TPSA) is 66.9 Å². The predicted molar refractivity (Wildman–Crippen MR) is 68.9 cm³/mol. The molecule has 17 heavy (non-hydrogen) atoms. The summed E-state index contributed by atoms with van der Waals surface area (Å²) in [5.74, 6) is 0.209. The van der Waals surface area contributed by atoms with Crippen LogP contribution in [0.3, 0.4) is 0 Å². The van der Waals surface area contributed by atoms with Crippen molar-refractivity contribution >= 4 is 39.8 Å². The van der Waals surface area contributed by atoms with Gasteiger partial charge in [-0.2, -0.15) is 0 Å². The zero-order chi connectivity index (χ0) is 12.3. The first kappa shape index (κ1) is 11.8. The summed E-state index contributed by atoms with van der Waals surface area (Å²) in [6.45, 7) is 0. The number of pyridine rings is 1. The molecular formula is C10H9ClN4OS. The van der Waals surface area contributed by atoms with Gasteiger partial charge in [-0.15, -0.1) is 11.3 Å². The van der Waals surface area contributed by atoms with Gasteiger partial charge in [0.2, 0.25) is 0 Å². The molecule has 0 aliphatic rings. The quantitative estimate of drug-likeness (QED) is 0.897. The second kappa shape index (κ2) is 5.11. The van der Waals surface area contributed by atoms with E-state index in [1.54, 1.807) is 30.8 Å². The molecule has 88 valence electrons. The Morgan fingerprint density at radius 2 is 2.29 bits per heavy atom. The maximum Gasteiger partial charge on any atom is 0.277 e. The van der Waals surface area contributed by atoms with Gasteiger partial charge in [0.25, 0.3) is 5.91 Å². The fourth-order valence-electron chi connectivity index (χ4n) is 1.18. The van der Waals surface area contributed by atoms with Crippen LogP contribution in [0.5, 0.6) is 0 Å². The third kappa shape index (κ3) is 2.72. The number of thiazole rings is 1. The molecule has 0 aromatic carbocycles. The number of hydrogen-bond acceptors (Lipinski definition) is 5. The molecule has 0 unspecified atom stereocenters. The van der Waals surface area contributed by atoms with Crippen LogP contribution in [0.2, 0.25) is 5.02 Å². The minimum atomic E-state index is -0.373. The molecule has 0 saturated carbocycles. The highest BCUT2D eigenvalue weighted by Crippen LogP contribution is 2.18. The van der Waals surface area contributed by atoms with Gasteiger partial charge in [-0.05, 0) is 12.1 Å². The molecule has 0 bridgehead atoms. The van der Waals surface area contributed by atoms with E-state index in [1.165, 1.54) is 11.3 Å². The van der Waals surface area contributed by atoms with Gasteiger partial charge in [0.1, 0.15) is 11.5 Å². The molecule has 0 aliphatic heterocycles. The van der Waals surface area contributed by atoms with Gasteiger partial charge in [-0.3, -0.25) is 10.1 Å². The number of rotatable bonds is 3. The van der Waals surface area contributed by atoms with Crippen LogP contribution in [-0.2, 0) is 0 Å². The Labute approximate surface area is 107 Å². The standard InChI is InChI=1S/C10H9ClN4OS/c1-12-7-3-2-6(11)8(14-7)9(16)15-10-13-4-5-17-10/h2-5H,1H3,(H,12,14)(H,13,15,16). The average Bonchev–Trinajstić information content (AvgIpc) is 2.82. The van der Waals surface area contributed by atoms with Crippen molar-refractivity contribution in [2.75, 3.05) is 17.7 Å². The summed E-state index contributed by atoms with van der Waals surface area (Å²) in [7, 11) is 1.72. The Hall–Kier alpha value is -1.66. The number of nitrogens with zero attached hydrogens (tertiary/aromatic N) is 2. The van der Waals surface area contributed by atoms with Crippen LogP contribution < -0.4 is 10.6 Å². The lowest BCUT2D eigenvalue weighted by atomic mass is 10.3. The van der Waals surface area contributed by atoms with E-state index in [1.807, 2.05) is 0 Å². The second-order valence-electron chi connectivity index (χ2n) is 3.07. The van der Waals surface area contributed by atoms with Gasteiger partial charge in [0.15, 0.2) is 5.13 Å². The normalized spacial score (nSPS) is 10.0. The molecule has 2 heterocycles. The molecule has 7 heteroatoms. The van der Waals surface area contributed by atoms with Gasteiger partial charge >= 0.3 is 0 Å². The van der Waals surface area contributed by atoms with E-state index in [4.69, 9.17) is 11.6 Å². The Morgan fingerprint density at radius 1 is 1.47 bits per heavy atom. The van der Waals surface area contributed by atoms with Crippen molar-refractivity contribution in [1.29, 1.82) is 0 Å². The van der Waals surface area contributed by atoms with Crippen molar-refractivity contribution in [3.05, 3.63) is 34.4 Å². The number of hydrogen-bond donors (Lipinski definition) is 2. The van der Waals surface area contributed by atoms with Gasteiger partial charge in [0, 0.05) is 18.6 Å². The SMILES string of the molecule is CNc1ccc(Cl)c(C(=O)Nc2nccs2)n1. The van der Waals surface area contributed by atoms with Crippen molar-refractivity contribution in [2.24, 2.45) is 0 Å². The zero-order valence-electron chi connectivity index (χ0n) is 8.90. The van der Waals surface area contributed by atoms with Gasteiger partial charge < -0.3 is 5.32 Å². The molecule has 5 nitrogen and oxygen atoms in total. The number of halogens is 1. The Balaban J connectivity index is 2.24. The fraction of sp³-hybridized carbons (Fsp3) is 0.100. The molecule has 2 aromatic heterocycles. The van der Waals surface area contributed by atoms with E-state index in [0.29, 0.717) is 16.0 Å². The van der Waals surface area contributed by atoms with E-state index in [0.717, 1.165) is 0 Å². The summed E-state index contributed by atoms with van der Waals surface area (Å²) < 4.78 is 0. The van der Waals surface area contributed by atoms with Crippen molar-refractivity contribution in [3.8, 4) is 0 Å². The Bertz CT molecular complexity index is 529. The number of nitrogens with one attached hydrogen (secondary N) is 2. The molecule has 2 N–H and O–H groups in total. The zero-order valence-corrected chi connectivity index (χ0v) is 10.5. The summed E-state index contributed by atoms with van der Waals surface area (Å²) in [5.41, 5.74) is 0.175. The Morgan fingerprint density at radius 3 is 2.94 bits per heavy atom. The van der Waals surface area contributed by atoms with Crippen LogP contribution in [0.1, 0.15) is 10.5 Å². The van der Waals surface area contributed by atoms with E-state index < -0.39 is 0 Å². The van der Waals surface area contributed by atoms with Crippen LogP contribution in [0.15, 0.2) is 23.7 Å². The molecule has 2 aromatic rings. The van der Waals surface area contributed by atoms with Crippen LogP contribution in [-0.4, -0.2) is 22.9 Å². The smallest absolute Gasteiger partial charge is 0.277 e. The molecule has 0 spiro atoms. The number of aromatic nitrogens is 2. The lowest BCUT2D eigenvalue weighted by Gasteiger charge is -2.05. The minimum Gasteiger partial charge on any atom is -0.373 e. The van der Waals surface area contributed by atoms with Crippen molar-refractivity contribution in [1.82, 2.24) is 9.97 Å². The maximum absolute atomic E-state index is 11.9. The molecule has 0 saturated heterocycles. The van der Waals surface area contributed by atoms with E-state index >= 15 is 0 Å².